The van der Waals surface area contributed by atoms with Crippen molar-refractivity contribution < 1.29 is 4.79 Å². The van der Waals surface area contributed by atoms with Crippen LogP contribution in [0.4, 0.5) is 0 Å². The number of pyridine rings is 1. The van der Waals surface area contributed by atoms with Gasteiger partial charge in [-0.1, -0.05) is 12.8 Å². The van der Waals surface area contributed by atoms with E-state index in [2.05, 4.69) is 26.5 Å². The summed E-state index contributed by atoms with van der Waals surface area (Å²) >= 11 is 0. The minimum Gasteiger partial charge on any atom is -0.347 e. The Bertz CT molecular complexity index is 1340. The Hall–Kier alpha value is -3.99. The third kappa shape index (κ3) is 3.85. The van der Waals surface area contributed by atoms with Crippen molar-refractivity contribution in [3.05, 3.63) is 65.5 Å². The van der Waals surface area contributed by atoms with Crippen LogP contribution in [0.15, 0.2) is 42.9 Å². The molecule has 1 aromatic carbocycles. The quantitative estimate of drug-likeness (QED) is 0.505. The number of nitriles is 1. The minimum atomic E-state index is -0.287. The van der Waals surface area contributed by atoms with Crippen LogP contribution in [-0.2, 0) is 13.6 Å². The Morgan fingerprint density at radius 1 is 1.28 bits per heavy atom. The number of carbonyl (C=O) groups excluding carboxylic acids is 1. The van der Waals surface area contributed by atoms with Gasteiger partial charge in [0.1, 0.15) is 11.3 Å². The summed E-state index contributed by atoms with van der Waals surface area (Å²) in [6.07, 6.45) is 9.97. The van der Waals surface area contributed by atoms with E-state index in [0.29, 0.717) is 22.7 Å². The van der Waals surface area contributed by atoms with Crippen molar-refractivity contribution in [3.63, 3.8) is 0 Å². The lowest BCUT2D eigenvalue weighted by Gasteiger charge is -2.08. The smallest absolute Gasteiger partial charge is 0.272 e. The van der Waals surface area contributed by atoms with Gasteiger partial charge < -0.3 is 10.3 Å². The molecule has 8 heteroatoms. The minimum absolute atomic E-state index is 0.277. The molecule has 0 saturated heterocycles. The molecule has 1 saturated carbocycles. The molecular formula is C24H23N7O. The molecule has 1 aliphatic rings. The number of H-pyrrole nitrogens is 1. The second kappa shape index (κ2) is 8.27. The summed E-state index contributed by atoms with van der Waals surface area (Å²) in [6.45, 7) is 0.277. The Morgan fingerprint density at radius 2 is 2.12 bits per heavy atom. The maximum absolute atomic E-state index is 13.0. The average molecular weight is 425 g/mol. The van der Waals surface area contributed by atoms with Crippen molar-refractivity contribution in [3.8, 4) is 17.2 Å². The number of carbonyl (C=O) groups is 1. The van der Waals surface area contributed by atoms with E-state index in [0.717, 1.165) is 40.9 Å². The van der Waals surface area contributed by atoms with Crippen LogP contribution in [0.1, 0.15) is 59.0 Å². The standard InChI is InChI=1S/C24H23N7O/c1-31-14-19(13-28-31)18-9-15(11-25)8-16(10-18)12-27-24(32)22-21-20(6-7-26-22)29-23(30-21)17-4-2-3-5-17/h6-10,13-14,17H,2-5,12H2,1H3,(H,27,32)(H,29,30). The largest absolute Gasteiger partial charge is 0.347 e. The third-order valence-corrected chi connectivity index (χ3v) is 5.99. The third-order valence-electron chi connectivity index (χ3n) is 5.99. The lowest BCUT2D eigenvalue weighted by Crippen LogP contribution is -2.24. The number of hydrogen-bond acceptors (Lipinski definition) is 5. The van der Waals surface area contributed by atoms with Crippen molar-refractivity contribution in [2.45, 2.75) is 38.1 Å². The number of aryl methyl sites for hydroxylation is 1. The zero-order valence-electron chi connectivity index (χ0n) is 17.8. The van der Waals surface area contributed by atoms with Gasteiger partial charge in [0.05, 0.1) is 23.3 Å². The molecule has 3 heterocycles. The van der Waals surface area contributed by atoms with Crippen molar-refractivity contribution in [1.29, 1.82) is 5.26 Å². The van der Waals surface area contributed by atoms with E-state index < -0.39 is 0 Å². The first-order valence-electron chi connectivity index (χ1n) is 10.8. The van der Waals surface area contributed by atoms with E-state index in [1.165, 1.54) is 12.8 Å². The van der Waals surface area contributed by atoms with E-state index >= 15 is 0 Å². The van der Waals surface area contributed by atoms with Gasteiger partial charge >= 0.3 is 0 Å². The Morgan fingerprint density at radius 3 is 2.88 bits per heavy atom. The summed E-state index contributed by atoms with van der Waals surface area (Å²) in [6, 6.07) is 9.60. The molecule has 1 aliphatic carbocycles. The predicted octanol–water partition coefficient (Wildman–Crippen LogP) is 3.82. The number of amides is 1. The molecule has 5 rings (SSSR count). The van der Waals surface area contributed by atoms with E-state index in [9.17, 15) is 10.1 Å². The van der Waals surface area contributed by atoms with E-state index in [1.54, 1.807) is 23.1 Å². The van der Waals surface area contributed by atoms with Crippen LogP contribution in [0, 0.1) is 11.3 Å². The number of aromatic amines is 1. The first kappa shape index (κ1) is 19.9. The highest BCUT2D eigenvalue weighted by molar-refractivity contribution is 6.02. The van der Waals surface area contributed by atoms with Gasteiger partial charge in [-0.2, -0.15) is 10.4 Å². The molecule has 0 atom stereocenters. The molecular weight excluding hydrogens is 402 g/mol. The number of aromatic nitrogens is 5. The summed E-state index contributed by atoms with van der Waals surface area (Å²) < 4.78 is 1.71. The van der Waals surface area contributed by atoms with Gasteiger partial charge in [0, 0.05) is 37.5 Å². The molecule has 32 heavy (non-hydrogen) atoms. The van der Waals surface area contributed by atoms with Crippen LogP contribution >= 0.6 is 0 Å². The van der Waals surface area contributed by atoms with Gasteiger partial charge in [0.2, 0.25) is 0 Å². The molecule has 8 nitrogen and oxygen atoms in total. The molecule has 160 valence electrons. The maximum atomic E-state index is 13.0. The van der Waals surface area contributed by atoms with E-state index in [1.807, 2.05) is 31.4 Å². The number of fused-ring (bicyclic) bond motifs is 1. The predicted molar refractivity (Wildman–Crippen MR) is 120 cm³/mol. The van der Waals surface area contributed by atoms with Gasteiger partial charge in [-0.3, -0.25) is 9.48 Å². The zero-order chi connectivity index (χ0) is 22.1. The molecule has 4 aromatic rings. The summed E-state index contributed by atoms with van der Waals surface area (Å²) in [5, 5.41) is 16.6. The number of imidazole rings is 1. The fourth-order valence-corrected chi connectivity index (χ4v) is 4.37. The summed E-state index contributed by atoms with van der Waals surface area (Å²) in [7, 11) is 1.85. The van der Waals surface area contributed by atoms with Crippen molar-refractivity contribution >= 4 is 16.9 Å². The second-order valence-electron chi connectivity index (χ2n) is 8.27. The van der Waals surface area contributed by atoms with Crippen LogP contribution < -0.4 is 5.32 Å². The number of nitrogens with zero attached hydrogens (tertiary/aromatic N) is 5. The normalized spacial score (nSPS) is 14.0. The molecule has 0 aliphatic heterocycles. The number of benzene rings is 1. The number of rotatable bonds is 5. The van der Waals surface area contributed by atoms with Crippen molar-refractivity contribution in [2.24, 2.45) is 7.05 Å². The topological polar surface area (TPSA) is 112 Å². The molecule has 0 unspecified atom stereocenters. The lowest BCUT2D eigenvalue weighted by atomic mass is 10.0. The number of hydrogen-bond donors (Lipinski definition) is 2. The first-order chi connectivity index (χ1) is 15.6. The number of nitrogens with one attached hydrogen (secondary N) is 2. The van der Waals surface area contributed by atoms with Crippen molar-refractivity contribution in [2.75, 3.05) is 0 Å². The summed E-state index contributed by atoms with van der Waals surface area (Å²) in [5.41, 5.74) is 4.91. The van der Waals surface area contributed by atoms with Crippen molar-refractivity contribution in [1.82, 2.24) is 30.0 Å². The first-order valence-corrected chi connectivity index (χ1v) is 10.8. The van der Waals surface area contributed by atoms with Gasteiger partial charge in [-0.25, -0.2) is 9.97 Å². The maximum Gasteiger partial charge on any atom is 0.272 e. The second-order valence-corrected chi connectivity index (χ2v) is 8.27. The van der Waals surface area contributed by atoms with Gasteiger partial charge in [0.25, 0.3) is 5.91 Å². The van der Waals surface area contributed by atoms with Gasteiger partial charge in [-0.05, 0) is 48.2 Å². The summed E-state index contributed by atoms with van der Waals surface area (Å²) in [5.74, 6) is 1.09. The Labute approximate surface area is 185 Å². The molecule has 1 fully saturated rings. The van der Waals surface area contributed by atoms with Crippen LogP contribution in [-0.4, -0.2) is 30.6 Å². The van der Waals surface area contributed by atoms with Crippen LogP contribution in [0.5, 0.6) is 0 Å². The highest BCUT2D eigenvalue weighted by atomic mass is 16.1. The van der Waals surface area contributed by atoms with Crippen LogP contribution in [0.2, 0.25) is 0 Å². The Balaban J connectivity index is 1.38. The lowest BCUT2D eigenvalue weighted by molar-refractivity contribution is 0.0947. The molecule has 0 spiro atoms. The monoisotopic (exact) mass is 425 g/mol. The molecule has 3 aromatic heterocycles. The highest BCUT2D eigenvalue weighted by Crippen LogP contribution is 2.33. The summed E-state index contributed by atoms with van der Waals surface area (Å²) in [4.78, 5) is 25.4. The Kier molecular flexibility index (Phi) is 5.15. The molecule has 0 radical (unpaired) electrons. The molecule has 2 N–H and O–H groups in total. The highest BCUT2D eigenvalue weighted by Gasteiger charge is 2.22. The molecule has 0 bridgehead atoms. The van der Waals surface area contributed by atoms with E-state index in [-0.39, 0.29) is 12.5 Å². The molecule has 1 amide bonds. The average Bonchev–Trinajstić information content (AvgIpc) is 3.57. The fraction of sp³-hybridized carbons (Fsp3) is 0.292. The van der Waals surface area contributed by atoms with Gasteiger partial charge in [-0.15, -0.1) is 0 Å². The van der Waals surface area contributed by atoms with Crippen LogP contribution in [0.25, 0.3) is 22.2 Å². The van der Waals surface area contributed by atoms with Crippen LogP contribution in [0.3, 0.4) is 0 Å². The SMILES string of the molecule is Cn1cc(-c2cc(C#N)cc(CNC(=O)c3nccc4[nH]c(C5CCCC5)nc34)c2)cn1. The fourth-order valence-electron chi connectivity index (χ4n) is 4.37. The van der Waals surface area contributed by atoms with Gasteiger partial charge in [0.15, 0.2) is 5.69 Å². The zero-order valence-corrected chi connectivity index (χ0v) is 17.8. The van der Waals surface area contributed by atoms with E-state index in [4.69, 9.17) is 4.98 Å².